The van der Waals surface area contributed by atoms with Gasteiger partial charge in [-0.1, -0.05) is 24.3 Å². The average Bonchev–Trinajstić information content (AvgIpc) is 2.58. The first-order valence-electron chi connectivity index (χ1n) is 4.80. The van der Waals surface area contributed by atoms with Gasteiger partial charge in [-0.25, -0.2) is 0 Å². The van der Waals surface area contributed by atoms with Crippen LogP contribution in [-0.4, -0.2) is 47.2 Å². The van der Waals surface area contributed by atoms with E-state index in [9.17, 15) is 4.79 Å². The van der Waals surface area contributed by atoms with Gasteiger partial charge in [-0.05, 0) is 24.0 Å². The van der Waals surface area contributed by atoms with Crippen molar-refractivity contribution in [2.24, 2.45) is 0 Å². The summed E-state index contributed by atoms with van der Waals surface area (Å²) < 4.78 is 0. The van der Waals surface area contributed by atoms with Crippen molar-refractivity contribution in [1.82, 2.24) is 5.32 Å². The Balaban J connectivity index is 0.00000112. The number of carboxylic acids is 1. The summed E-state index contributed by atoms with van der Waals surface area (Å²) in [5, 5.41) is 11.6. The van der Waals surface area contributed by atoms with E-state index in [-0.39, 0.29) is 42.1 Å². The molecule has 0 aliphatic heterocycles. The van der Waals surface area contributed by atoms with Crippen molar-refractivity contribution in [2.45, 2.75) is 18.9 Å². The zero-order valence-electron chi connectivity index (χ0n) is 8.86. The number of carboxylic acid groups (broad SMARTS) is 1. The van der Waals surface area contributed by atoms with Crippen LogP contribution in [0.3, 0.4) is 0 Å². The molecule has 1 unspecified atom stereocenters. The fourth-order valence-corrected chi connectivity index (χ4v) is 1.98. The SMILES string of the molecule is O=C(O)CNC1CCc2ccccc21.[Na]. The smallest absolute Gasteiger partial charge is 0.317 e. The summed E-state index contributed by atoms with van der Waals surface area (Å²) >= 11 is 0. The predicted octanol–water partition coefficient (Wildman–Crippen LogP) is 0.967. The van der Waals surface area contributed by atoms with Gasteiger partial charge < -0.3 is 10.4 Å². The zero-order chi connectivity index (χ0) is 9.97. The van der Waals surface area contributed by atoms with Crippen LogP contribution in [0.25, 0.3) is 0 Å². The summed E-state index contributed by atoms with van der Waals surface area (Å²) in [6.45, 7) is 0.0407. The molecule has 0 heterocycles. The first kappa shape index (κ1) is 12.7. The molecule has 1 aromatic carbocycles. The van der Waals surface area contributed by atoms with E-state index in [1.807, 2.05) is 12.1 Å². The Hall–Kier alpha value is -0.350. The number of hydrogen-bond donors (Lipinski definition) is 2. The van der Waals surface area contributed by atoms with Gasteiger partial charge in [0.1, 0.15) is 0 Å². The van der Waals surface area contributed by atoms with Gasteiger partial charge in [-0.3, -0.25) is 4.79 Å². The van der Waals surface area contributed by atoms with E-state index in [0.717, 1.165) is 12.8 Å². The Morgan fingerprint density at radius 1 is 1.47 bits per heavy atom. The second kappa shape index (κ2) is 5.66. The molecule has 75 valence electrons. The molecule has 2 N–H and O–H groups in total. The summed E-state index contributed by atoms with van der Waals surface area (Å²) in [6.07, 6.45) is 2.06. The van der Waals surface area contributed by atoms with Gasteiger partial charge >= 0.3 is 5.97 Å². The van der Waals surface area contributed by atoms with E-state index in [0.29, 0.717) is 0 Å². The van der Waals surface area contributed by atoms with E-state index in [2.05, 4.69) is 17.4 Å². The number of carbonyl (C=O) groups is 1. The minimum atomic E-state index is -0.797. The van der Waals surface area contributed by atoms with Gasteiger partial charge in [0.05, 0.1) is 6.54 Å². The Kier molecular flexibility index (Phi) is 4.80. The van der Waals surface area contributed by atoms with Gasteiger partial charge in [0, 0.05) is 35.6 Å². The van der Waals surface area contributed by atoms with Crippen molar-refractivity contribution in [2.75, 3.05) is 6.54 Å². The molecule has 1 aliphatic carbocycles. The Morgan fingerprint density at radius 3 is 2.93 bits per heavy atom. The van der Waals surface area contributed by atoms with Crippen LogP contribution < -0.4 is 5.32 Å². The summed E-state index contributed by atoms with van der Waals surface area (Å²) in [6, 6.07) is 8.43. The minimum Gasteiger partial charge on any atom is -0.480 e. The molecule has 1 atom stereocenters. The number of nitrogens with one attached hydrogen (secondary N) is 1. The molecule has 0 saturated carbocycles. The molecule has 0 spiro atoms. The van der Waals surface area contributed by atoms with Crippen molar-refractivity contribution in [3.8, 4) is 0 Å². The molecule has 1 aromatic rings. The zero-order valence-corrected chi connectivity index (χ0v) is 10.9. The van der Waals surface area contributed by atoms with E-state index < -0.39 is 5.97 Å². The normalized spacial score (nSPS) is 18.0. The number of benzene rings is 1. The monoisotopic (exact) mass is 214 g/mol. The summed E-state index contributed by atoms with van der Waals surface area (Å²) in [4.78, 5) is 10.4. The topological polar surface area (TPSA) is 49.3 Å². The van der Waals surface area contributed by atoms with Crippen LogP contribution in [0, 0.1) is 0 Å². The molecule has 1 aliphatic rings. The first-order chi connectivity index (χ1) is 6.77. The van der Waals surface area contributed by atoms with Crippen molar-refractivity contribution in [3.05, 3.63) is 35.4 Å². The summed E-state index contributed by atoms with van der Waals surface area (Å²) in [7, 11) is 0. The third kappa shape index (κ3) is 3.05. The van der Waals surface area contributed by atoms with Crippen molar-refractivity contribution in [3.63, 3.8) is 0 Å². The molecule has 0 amide bonds. The van der Waals surface area contributed by atoms with Crippen molar-refractivity contribution >= 4 is 35.5 Å². The molecular weight excluding hydrogens is 201 g/mol. The van der Waals surface area contributed by atoms with Crippen LogP contribution in [0.1, 0.15) is 23.6 Å². The van der Waals surface area contributed by atoms with E-state index in [1.165, 1.54) is 11.1 Å². The van der Waals surface area contributed by atoms with Gasteiger partial charge in [-0.15, -0.1) is 0 Å². The van der Waals surface area contributed by atoms with E-state index >= 15 is 0 Å². The molecule has 3 nitrogen and oxygen atoms in total. The maximum absolute atomic E-state index is 10.4. The Labute approximate surface area is 111 Å². The van der Waals surface area contributed by atoms with Crippen molar-refractivity contribution in [1.29, 1.82) is 0 Å². The standard InChI is InChI=1S/C11H13NO2.Na/c13-11(14)7-12-10-6-5-8-3-1-2-4-9(8)10;/h1-4,10,12H,5-7H2,(H,13,14);. The third-order valence-corrected chi connectivity index (χ3v) is 2.63. The third-order valence-electron chi connectivity index (χ3n) is 2.63. The number of hydrogen-bond acceptors (Lipinski definition) is 2. The maximum atomic E-state index is 10.4. The number of aryl methyl sites for hydroxylation is 1. The summed E-state index contributed by atoms with van der Waals surface area (Å²) in [5.74, 6) is -0.797. The van der Waals surface area contributed by atoms with Gasteiger partial charge in [0.2, 0.25) is 0 Å². The average molecular weight is 214 g/mol. The van der Waals surface area contributed by atoms with Crippen LogP contribution in [-0.2, 0) is 11.2 Å². The van der Waals surface area contributed by atoms with E-state index in [4.69, 9.17) is 5.11 Å². The van der Waals surface area contributed by atoms with E-state index in [1.54, 1.807) is 0 Å². The molecule has 1 radical (unpaired) electrons. The number of aliphatic carboxylic acids is 1. The van der Waals surface area contributed by atoms with Crippen LogP contribution >= 0.6 is 0 Å². The summed E-state index contributed by atoms with van der Waals surface area (Å²) in [5.41, 5.74) is 2.60. The van der Waals surface area contributed by atoms with Crippen LogP contribution in [0.4, 0.5) is 0 Å². The molecule has 0 aromatic heterocycles. The second-order valence-electron chi connectivity index (χ2n) is 3.56. The number of fused-ring (bicyclic) bond motifs is 1. The van der Waals surface area contributed by atoms with Gasteiger partial charge in [0.15, 0.2) is 0 Å². The number of rotatable bonds is 3. The molecule has 4 heteroatoms. The molecule has 0 saturated heterocycles. The molecule has 0 fully saturated rings. The first-order valence-corrected chi connectivity index (χ1v) is 4.80. The second-order valence-corrected chi connectivity index (χ2v) is 3.56. The van der Waals surface area contributed by atoms with Gasteiger partial charge in [0.25, 0.3) is 0 Å². The van der Waals surface area contributed by atoms with Crippen LogP contribution in [0.15, 0.2) is 24.3 Å². The van der Waals surface area contributed by atoms with Gasteiger partial charge in [-0.2, -0.15) is 0 Å². The molecular formula is C11H13NNaO2. The predicted molar refractivity (Wildman–Crippen MR) is 58.9 cm³/mol. The quantitative estimate of drug-likeness (QED) is 0.737. The fourth-order valence-electron chi connectivity index (χ4n) is 1.98. The molecule has 2 rings (SSSR count). The van der Waals surface area contributed by atoms with Crippen LogP contribution in [0.5, 0.6) is 0 Å². The molecule has 15 heavy (non-hydrogen) atoms. The Bertz CT molecular complexity index is 354. The van der Waals surface area contributed by atoms with Crippen molar-refractivity contribution < 1.29 is 9.90 Å². The minimum absolute atomic E-state index is 0. The van der Waals surface area contributed by atoms with Crippen LogP contribution in [0.2, 0.25) is 0 Å². The molecule has 0 bridgehead atoms. The largest absolute Gasteiger partial charge is 0.480 e. The Morgan fingerprint density at radius 2 is 2.20 bits per heavy atom. The maximum Gasteiger partial charge on any atom is 0.317 e. The fraction of sp³-hybridized carbons (Fsp3) is 0.364.